The van der Waals surface area contributed by atoms with E-state index in [0.29, 0.717) is 12.5 Å². The Morgan fingerprint density at radius 2 is 2.45 bits per heavy atom. The number of nitriles is 1. The topological polar surface area (TPSA) is 53.0 Å². The third-order valence-corrected chi connectivity index (χ3v) is 2.28. The second kappa shape index (κ2) is 4.32. The van der Waals surface area contributed by atoms with E-state index in [-0.39, 0.29) is 0 Å². The lowest BCUT2D eigenvalue weighted by molar-refractivity contribution is 0.264. The summed E-state index contributed by atoms with van der Waals surface area (Å²) in [5, 5.41) is 8.38. The third kappa shape index (κ3) is 2.18. The predicted octanol–water partition coefficient (Wildman–Crippen LogP) is 0.323. The van der Waals surface area contributed by atoms with Crippen molar-refractivity contribution in [3.8, 4) is 6.07 Å². The molecule has 0 bridgehead atoms. The molecular weight excluding hydrogens is 138 g/mol. The maximum atomic E-state index is 8.38. The highest BCUT2D eigenvalue weighted by atomic mass is 15.2. The van der Waals surface area contributed by atoms with Gasteiger partial charge >= 0.3 is 0 Å². The van der Waals surface area contributed by atoms with Crippen LogP contribution >= 0.6 is 0 Å². The highest BCUT2D eigenvalue weighted by Gasteiger charge is 2.21. The van der Waals surface area contributed by atoms with Gasteiger partial charge in [0.25, 0.3) is 0 Å². The van der Waals surface area contributed by atoms with Gasteiger partial charge in [-0.05, 0) is 19.4 Å². The zero-order valence-corrected chi connectivity index (χ0v) is 6.79. The molecule has 1 fully saturated rings. The lowest BCUT2D eigenvalue weighted by Gasteiger charge is -2.21. The number of hydrogen-bond acceptors (Lipinski definition) is 3. The molecule has 0 aromatic rings. The van der Waals surface area contributed by atoms with Gasteiger partial charge in [-0.3, -0.25) is 4.90 Å². The van der Waals surface area contributed by atoms with Gasteiger partial charge in [0.2, 0.25) is 0 Å². The molecule has 0 radical (unpaired) electrons. The minimum atomic E-state index is 0.545. The fourth-order valence-corrected chi connectivity index (χ4v) is 1.65. The molecule has 1 aliphatic rings. The maximum Gasteiger partial charge on any atom is 0.0635 e. The summed E-state index contributed by atoms with van der Waals surface area (Å²) in [6, 6.07) is 2.70. The van der Waals surface area contributed by atoms with Crippen molar-refractivity contribution in [1.29, 1.82) is 5.26 Å². The lowest BCUT2D eigenvalue weighted by atomic mass is 10.2. The van der Waals surface area contributed by atoms with Crippen LogP contribution in [0.25, 0.3) is 0 Å². The molecule has 0 spiro atoms. The van der Waals surface area contributed by atoms with E-state index in [1.807, 2.05) is 0 Å². The van der Waals surface area contributed by atoms with Crippen molar-refractivity contribution < 1.29 is 0 Å². The van der Waals surface area contributed by atoms with E-state index in [4.69, 9.17) is 11.0 Å². The van der Waals surface area contributed by atoms with Crippen LogP contribution in [0.15, 0.2) is 0 Å². The SMILES string of the molecule is N#CCCN1CCC[C@@H]1CN. The summed E-state index contributed by atoms with van der Waals surface area (Å²) in [6.07, 6.45) is 3.09. The summed E-state index contributed by atoms with van der Waals surface area (Å²) in [6.45, 7) is 2.77. The first kappa shape index (κ1) is 8.51. The number of hydrogen-bond donors (Lipinski definition) is 1. The molecule has 3 heteroatoms. The second-order valence-electron chi connectivity index (χ2n) is 2.98. The third-order valence-electron chi connectivity index (χ3n) is 2.28. The summed E-state index contributed by atoms with van der Waals surface area (Å²) in [7, 11) is 0. The van der Waals surface area contributed by atoms with Crippen LogP contribution in [-0.2, 0) is 0 Å². The van der Waals surface area contributed by atoms with Gasteiger partial charge in [0.05, 0.1) is 6.07 Å². The molecule has 1 rings (SSSR count). The number of rotatable bonds is 3. The highest BCUT2D eigenvalue weighted by Crippen LogP contribution is 2.15. The van der Waals surface area contributed by atoms with Gasteiger partial charge in [-0.25, -0.2) is 0 Å². The monoisotopic (exact) mass is 153 g/mol. The van der Waals surface area contributed by atoms with E-state index in [0.717, 1.165) is 19.6 Å². The molecule has 0 aromatic heterocycles. The van der Waals surface area contributed by atoms with Crippen LogP contribution in [0.5, 0.6) is 0 Å². The lowest BCUT2D eigenvalue weighted by Crippen LogP contribution is -2.35. The highest BCUT2D eigenvalue weighted by molar-refractivity contribution is 4.82. The van der Waals surface area contributed by atoms with Crippen LogP contribution in [0.1, 0.15) is 19.3 Å². The standard InChI is InChI=1S/C8H15N3/c9-4-2-6-11-5-1-3-8(11)7-10/h8H,1-3,5-7,10H2/t8-/m1/s1. The molecule has 0 saturated carbocycles. The minimum absolute atomic E-state index is 0.545. The molecule has 3 nitrogen and oxygen atoms in total. The van der Waals surface area contributed by atoms with E-state index < -0.39 is 0 Å². The van der Waals surface area contributed by atoms with E-state index >= 15 is 0 Å². The first-order chi connectivity index (χ1) is 5.38. The fraction of sp³-hybridized carbons (Fsp3) is 0.875. The molecule has 0 aliphatic carbocycles. The molecule has 62 valence electrons. The summed E-state index contributed by atoms with van der Waals surface area (Å²) < 4.78 is 0. The molecule has 1 heterocycles. The normalized spacial score (nSPS) is 25.3. The van der Waals surface area contributed by atoms with Crippen LogP contribution < -0.4 is 5.73 Å². The Morgan fingerprint density at radius 3 is 3.09 bits per heavy atom. The van der Waals surface area contributed by atoms with Gasteiger partial charge in [-0.15, -0.1) is 0 Å². The summed E-state index contributed by atoms with van der Waals surface area (Å²) in [5.41, 5.74) is 5.57. The Morgan fingerprint density at radius 1 is 1.64 bits per heavy atom. The molecule has 1 aliphatic heterocycles. The Balaban J connectivity index is 2.27. The van der Waals surface area contributed by atoms with Crippen molar-refractivity contribution in [2.24, 2.45) is 5.73 Å². The van der Waals surface area contributed by atoms with Gasteiger partial charge in [0.15, 0.2) is 0 Å². The van der Waals surface area contributed by atoms with E-state index in [9.17, 15) is 0 Å². The molecule has 0 aromatic carbocycles. The Labute approximate surface area is 67.8 Å². The molecule has 0 amide bonds. The number of nitrogens with zero attached hydrogens (tertiary/aromatic N) is 2. The Hall–Kier alpha value is -0.590. The predicted molar refractivity (Wildman–Crippen MR) is 43.9 cm³/mol. The molecule has 2 N–H and O–H groups in total. The molecule has 1 saturated heterocycles. The van der Waals surface area contributed by atoms with Gasteiger partial charge in [-0.1, -0.05) is 0 Å². The van der Waals surface area contributed by atoms with Crippen molar-refractivity contribution >= 4 is 0 Å². The van der Waals surface area contributed by atoms with Crippen LogP contribution in [0.3, 0.4) is 0 Å². The van der Waals surface area contributed by atoms with Crippen LogP contribution in [-0.4, -0.2) is 30.6 Å². The maximum absolute atomic E-state index is 8.38. The fourth-order valence-electron chi connectivity index (χ4n) is 1.65. The quantitative estimate of drug-likeness (QED) is 0.635. The largest absolute Gasteiger partial charge is 0.329 e. The van der Waals surface area contributed by atoms with Crippen molar-refractivity contribution in [3.05, 3.63) is 0 Å². The van der Waals surface area contributed by atoms with Crippen LogP contribution in [0, 0.1) is 11.3 Å². The smallest absolute Gasteiger partial charge is 0.0635 e. The molecular formula is C8H15N3. The minimum Gasteiger partial charge on any atom is -0.329 e. The average molecular weight is 153 g/mol. The summed E-state index contributed by atoms with van der Waals surface area (Å²) in [5.74, 6) is 0. The van der Waals surface area contributed by atoms with Crippen LogP contribution in [0.4, 0.5) is 0 Å². The number of likely N-dealkylation sites (tertiary alicyclic amines) is 1. The number of nitrogens with two attached hydrogens (primary N) is 1. The zero-order valence-electron chi connectivity index (χ0n) is 6.79. The van der Waals surface area contributed by atoms with Crippen molar-refractivity contribution in [2.75, 3.05) is 19.6 Å². The van der Waals surface area contributed by atoms with Gasteiger partial charge < -0.3 is 5.73 Å². The Kier molecular flexibility index (Phi) is 3.34. The van der Waals surface area contributed by atoms with Gasteiger partial charge in [0, 0.05) is 25.6 Å². The molecule has 1 atom stereocenters. The van der Waals surface area contributed by atoms with Gasteiger partial charge in [-0.2, -0.15) is 5.26 Å². The molecule has 11 heavy (non-hydrogen) atoms. The van der Waals surface area contributed by atoms with E-state index in [2.05, 4.69) is 11.0 Å². The summed E-state index contributed by atoms with van der Waals surface area (Å²) >= 11 is 0. The van der Waals surface area contributed by atoms with Crippen molar-refractivity contribution in [2.45, 2.75) is 25.3 Å². The van der Waals surface area contributed by atoms with Gasteiger partial charge in [0.1, 0.15) is 0 Å². The van der Waals surface area contributed by atoms with E-state index in [1.54, 1.807) is 0 Å². The Bertz CT molecular complexity index is 150. The average Bonchev–Trinajstić information content (AvgIpc) is 2.47. The first-order valence-electron chi connectivity index (χ1n) is 4.19. The first-order valence-corrected chi connectivity index (χ1v) is 4.19. The zero-order chi connectivity index (χ0) is 8.10. The summed E-state index contributed by atoms with van der Waals surface area (Å²) in [4.78, 5) is 2.32. The van der Waals surface area contributed by atoms with Crippen molar-refractivity contribution in [1.82, 2.24) is 4.90 Å². The van der Waals surface area contributed by atoms with Crippen molar-refractivity contribution in [3.63, 3.8) is 0 Å². The molecule has 0 unspecified atom stereocenters. The van der Waals surface area contributed by atoms with Crippen LogP contribution in [0.2, 0.25) is 0 Å². The second-order valence-corrected chi connectivity index (χ2v) is 2.98. The van der Waals surface area contributed by atoms with E-state index in [1.165, 1.54) is 12.8 Å².